The van der Waals surface area contributed by atoms with Crippen molar-refractivity contribution in [3.63, 3.8) is 0 Å². The number of amides is 2. The van der Waals surface area contributed by atoms with Gasteiger partial charge in [0.15, 0.2) is 6.10 Å². The van der Waals surface area contributed by atoms with E-state index in [-0.39, 0.29) is 11.8 Å². The standard InChI is InChI=1S/C11H20N2O4/c1-3-13(9(2)14)5-4-12-11(15)10-8-16-6-7-17-10/h10H,3-8H2,1-2H3,(H,12,15). The lowest BCUT2D eigenvalue weighted by molar-refractivity contribution is -0.147. The van der Waals surface area contributed by atoms with Crippen LogP contribution in [0.2, 0.25) is 0 Å². The molecule has 0 aromatic rings. The van der Waals surface area contributed by atoms with Crippen LogP contribution < -0.4 is 5.32 Å². The van der Waals surface area contributed by atoms with Gasteiger partial charge in [-0.3, -0.25) is 9.59 Å². The highest BCUT2D eigenvalue weighted by molar-refractivity contribution is 5.81. The minimum absolute atomic E-state index is 0.0130. The SMILES string of the molecule is CCN(CCNC(=O)C1COCCO1)C(C)=O. The van der Waals surface area contributed by atoms with Gasteiger partial charge in [0.2, 0.25) is 5.91 Å². The van der Waals surface area contributed by atoms with E-state index >= 15 is 0 Å². The fourth-order valence-electron chi connectivity index (χ4n) is 1.61. The van der Waals surface area contributed by atoms with Crippen LogP contribution in [0.15, 0.2) is 0 Å². The second kappa shape index (κ2) is 7.24. The molecule has 17 heavy (non-hydrogen) atoms. The summed E-state index contributed by atoms with van der Waals surface area (Å²) in [6.45, 7) is 6.32. The van der Waals surface area contributed by atoms with Crippen molar-refractivity contribution in [2.45, 2.75) is 20.0 Å². The average molecular weight is 244 g/mol. The molecule has 1 fully saturated rings. The lowest BCUT2D eigenvalue weighted by Crippen LogP contribution is -2.45. The number of ether oxygens (including phenoxy) is 2. The molecule has 1 N–H and O–H groups in total. The summed E-state index contributed by atoms with van der Waals surface area (Å²) in [5.74, 6) is -0.164. The summed E-state index contributed by atoms with van der Waals surface area (Å²) in [6, 6.07) is 0. The van der Waals surface area contributed by atoms with E-state index in [1.165, 1.54) is 6.92 Å². The van der Waals surface area contributed by atoms with Gasteiger partial charge in [0.25, 0.3) is 5.91 Å². The monoisotopic (exact) mass is 244 g/mol. The van der Waals surface area contributed by atoms with Crippen molar-refractivity contribution in [3.8, 4) is 0 Å². The van der Waals surface area contributed by atoms with Gasteiger partial charge in [0.05, 0.1) is 19.8 Å². The third-order valence-electron chi connectivity index (χ3n) is 2.62. The zero-order valence-electron chi connectivity index (χ0n) is 10.4. The van der Waals surface area contributed by atoms with Gasteiger partial charge >= 0.3 is 0 Å². The Morgan fingerprint density at radius 1 is 1.41 bits per heavy atom. The highest BCUT2D eigenvalue weighted by Gasteiger charge is 2.22. The molecule has 0 radical (unpaired) electrons. The number of likely N-dealkylation sites (N-methyl/N-ethyl adjacent to an activating group) is 1. The zero-order valence-corrected chi connectivity index (χ0v) is 10.4. The van der Waals surface area contributed by atoms with E-state index in [9.17, 15) is 9.59 Å². The molecule has 1 aliphatic rings. The molecular formula is C11H20N2O4. The molecule has 2 amide bonds. The minimum Gasteiger partial charge on any atom is -0.376 e. The van der Waals surface area contributed by atoms with E-state index in [2.05, 4.69) is 5.32 Å². The van der Waals surface area contributed by atoms with Crippen LogP contribution in [0, 0.1) is 0 Å². The van der Waals surface area contributed by atoms with Crippen molar-refractivity contribution in [2.24, 2.45) is 0 Å². The van der Waals surface area contributed by atoms with Crippen molar-refractivity contribution in [2.75, 3.05) is 39.5 Å². The Hall–Kier alpha value is -1.14. The smallest absolute Gasteiger partial charge is 0.251 e. The Labute approximate surface area is 101 Å². The Balaban J connectivity index is 2.20. The van der Waals surface area contributed by atoms with Crippen molar-refractivity contribution in [1.82, 2.24) is 10.2 Å². The summed E-state index contributed by atoms with van der Waals surface area (Å²) in [5, 5.41) is 2.73. The largest absolute Gasteiger partial charge is 0.376 e. The van der Waals surface area contributed by atoms with Gasteiger partial charge in [-0.05, 0) is 6.92 Å². The van der Waals surface area contributed by atoms with Crippen LogP contribution in [0.4, 0.5) is 0 Å². The molecule has 1 aliphatic heterocycles. The van der Waals surface area contributed by atoms with Gasteiger partial charge in [-0.2, -0.15) is 0 Å². The maximum Gasteiger partial charge on any atom is 0.251 e. The fraction of sp³-hybridized carbons (Fsp3) is 0.818. The third-order valence-corrected chi connectivity index (χ3v) is 2.62. The summed E-state index contributed by atoms with van der Waals surface area (Å²) >= 11 is 0. The summed E-state index contributed by atoms with van der Waals surface area (Å²) in [4.78, 5) is 24.4. The van der Waals surface area contributed by atoms with Crippen LogP contribution >= 0.6 is 0 Å². The molecule has 0 spiro atoms. The molecule has 0 saturated carbocycles. The first-order chi connectivity index (χ1) is 8.15. The van der Waals surface area contributed by atoms with Crippen LogP contribution in [0.5, 0.6) is 0 Å². The molecule has 0 aromatic carbocycles. The van der Waals surface area contributed by atoms with Crippen molar-refractivity contribution >= 4 is 11.8 Å². The first-order valence-electron chi connectivity index (χ1n) is 5.87. The van der Waals surface area contributed by atoms with Crippen molar-refractivity contribution < 1.29 is 19.1 Å². The molecular weight excluding hydrogens is 224 g/mol. The first kappa shape index (κ1) is 13.9. The number of carbonyl (C=O) groups excluding carboxylic acids is 2. The summed E-state index contributed by atoms with van der Waals surface area (Å²) < 4.78 is 10.4. The number of nitrogens with one attached hydrogen (secondary N) is 1. The number of carbonyl (C=O) groups is 2. The molecule has 0 bridgehead atoms. The second-order valence-corrected chi connectivity index (χ2v) is 3.82. The highest BCUT2D eigenvalue weighted by atomic mass is 16.6. The quantitative estimate of drug-likeness (QED) is 0.700. The fourth-order valence-corrected chi connectivity index (χ4v) is 1.61. The Kier molecular flexibility index (Phi) is 5.93. The van der Waals surface area contributed by atoms with Crippen LogP contribution in [0.3, 0.4) is 0 Å². The number of hydrogen-bond acceptors (Lipinski definition) is 4. The summed E-state index contributed by atoms with van der Waals surface area (Å²) in [6.07, 6.45) is -0.517. The van der Waals surface area contributed by atoms with E-state index < -0.39 is 6.10 Å². The van der Waals surface area contributed by atoms with E-state index in [1.807, 2.05) is 6.92 Å². The lowest BCUT2D eigenvalue weighted by Gasteiger charge is -2.23. The molecule has 6 heteroatoms. The molecule has 1 saturated heterocycles. The third kappa shape index (κ3) is 4.70. The zero-order chi connectivity index (χ0) is 12.7. The number of hydrogen-bond donors (Lipinski definition) is 1. The van der Waals surface area contributed by atoms with Gasteiger partial charge in [-0.25, -0.2) is 0 Å². The summed E-state index contributed by atoms with van der Waals surface area (Å²) in [5.41, 5.74) is 0. The minimum atomic E-state index is -0.517. The van der Waals surface area contributed by atoms with Crippen molar-refractivity contribution in [3.05, 3.63) is 0 Å². The second-order valence-electron chi connectivity index (χ2n) is 3.82. The lowest BCUT2D eigenvalue weighted by atomic mass is 10.3. The Morgan fingerprint density at radius 2 is 2.18 bits per heavy atom. The molecule has 1 atom stereocenters. The van der Waals surface area contributed by atoms with Gasteiger partial charge in [-0.1, -0.05) is 0 Å². The highest BCUT2D eigenvalue weighted by Crippen LogP contribution is 2.00. The Morgan fingerprint density at radius 3 is 2.71 bits per heavy atom. The normalized spacial score (nSPS) is 19.8. The van der Waals surface area contributed by atoms with Gasteiger partial charge < -0.3 is 19.7 Å². The van der Waals surface area contributed by atoms with Crippen molar-refractivity contribution in [1.29, 1.82) is 0 Å². The Bertz CT molecular complexity index is 264. The molecule has 1 heterocycles. The van der Waals surface area contributed by atoms with Gasteiger partial charge in [-0.15, -0.1) is 0 Å². The van der Waals surface area contributed by atoms with Crippen LogP contribution in [-0.2, 0) is 19.1 Å². The first-order valence-corrected chi connectivity index (χ1v) is 5.87. The molecule has 98 valence electrons. The maximum absolute atomic E-state index is 11.6. The van der Waals surface area contributed by atoms with Crippen LogP contribution in [-0.4, -0.2) is 62.3 Å². The molecule has 0 aromatic heterocycles. The van der Waals surface area contributed by atoms with Crippen LogP contribution in [0.25, 0.3) is 0 Å². The molecule has 0 aliphatic carbocycles. The molecule has 6 nitrogen and oxygen atoms in total. The van der Waals surface area contributed by atoms with E-state index in [1.54, 1.807) is 4.90 Å². The van der Waals surface area contributed by atoms with E-state index in [0.717, 1.165) is 0 Å². The van der Waals surface area contributed by atoms with Gasteiger partial charge in [0.1, 0.15) is 0 Å². The van der Waals surface area contributed by atoms with E-state index in [0.29, 0.717) is 39.5 Å². The topological polar surface area (TPSA) is 67.9 Å². The average Bonchev–Trinajstić information content (AvgIpc) is 2.35. The van der Waals surface area contributed by atoms with Crippen LogP contribution in [0.1, 0.15) is 13.8 Å². The molecule has 1 unspecified atom stereocenters. The van der Waals surface area contributed by atoms with Gasteiger partial charge in [0, 0.05) is 26.6 Å². The van der Waals surface area contributed by atoms with E-state index in [4.69, 9.17) is 9.47 Å². The number of nitrogens with zero attached hydrogens (tertiary/aromatic N) is 1. The molecule has 1 rings (SSSR count). The predicted molar refractivity (Wildman–Crippen MR) is 61.5 cm³/mol. The maximum atomic E-state index is 11.6. The predicted octanol–water partition coefficient (Wildman–Crippen LogP) is -0.614. The summed E-state index contributed by atoms with van der Waals surface area (Å²) in [7, 11) is 0. The number of rotatable bonds is 5.